The first-order chi connectivity index (χ1) is 19.7. The van der Waals surface area contributed by atoms with E-state index in [-0.39, 0.29) is 23.8 Å². The van der Waals surface area contributed by atoms with Crippen LogP contribution in [0.5, 0.6) is 0 Å². The molecule has 1 aromatic carbocycles. The molecule has 2 bridgehead atoms. The van der Waals surface area contributed by atoms with Crippen LogP contribution in [0.1, 0.15) is 78.2 Å². The maximum atomic E-state index is 14.2. The fourth-order valence-corrected chi connectivity index (χ4v) is 7.48. The van der Waals surface area contributed by atoms with Gasteiger partial charge in [-0.05, 0) is 68.4 Å². The molecule has 3 heterocycles. The highest BCUT2D eigenvalue weighted by Crippen LogP contribution is 2.55. The van der Waals surface area contributed by atoms with E-state index in [2.05, 4.69) is 50.2 Å². The quantitative estimate of drug-likeness (QED) is 0.391. The van der Waals surface area contributed by atoms with Crippen molar-refractivity contribution in [2.24, 2.45) is 17.8 Å². The Morgan fingerprint density at radius 3 is 2.46 bits per heavy atom. The van der Waals surface area contributed by atoms with Gasteiger partial charge < -0.3 is 25.2 Å². The van der Waals surface area contributed by atoms with Gasteiger partial charge in [0.15, 0.2) is 0 Å². The van der Waals surface area contributed by atoms with Gasteiger partial charge >= 0.3 is 0 Å². The molecule has 5 rings (SSSR count). The number of ether oxygens (including phenoxy) is 1. The third-order valence-corrected chi connectivity index (χ3v) is 9.98. The van der Waals surface area contributed by atoms with Crippen molar-refractivity contribution in [3.8, 4) is 0 Å². The van der Waals surface area contributed by atoms with Gasteiger partial charge in [0.1, 0.15) is 11.6 Å². The van der Waals surface area contributed by atoms with Crippen LogP contribution in [-0.4, -0.2) is 77.5 Å². The zero-order valence-corrected chi connectivity index (χ0v) is 25.4. The summed E-state index contributed by atoms with van der Waals surface area (Å²) in [6.07, 6.45) is 8.34. The second kappa shape index (κ2) is 12.3. The van der Waals surface area contributed by atoms with Crippen LogP contribution in [0.3, 0.4) is 0 Å². The van der Waals surface area contributed by atoms with Gasteiger partial charge in [0.05, 0.1) is 17.9 Å². The third kappa shape index (κ3) is 5.57. The molecule has 3 aliphatic heterocycles. The van der Waals surface area contributed by atoms with Crippen LogP contribution in [0.2, 0.25) is 0 Å². The van der Waals surface area contributed by atoms with Crippen molar-refractivity contribution in [3.05, 3.63) is 42.0 Å². The number of anilines is 1. The van der Waals surface area contributed by atoms with Crippen molar-refractivity contribution in [2.45, 2.75) is 96.4 Å². The van der Waals surface area contributed by atoms with Crippen LogP contribution in [0.15, 0.2) is 36.4 Å². The molecule has 7 atom stereocenters. The summed E-state index contributed by atoms with van der Waals surface area (Å²) in [7, 11) is 0. The molecule has 1 saturated carbocycles. The Hall–Kier alpha value is -2.71. The number of carbonyl (C=O) groups is 3. The predicted octanol–water partition coefficient (Wildman–Crippen LogP) is 4.33. The molecule has 0 radical (unpaired) electrons. The molecule has 5 unspecified atom stereocenters. The zero-order chi connectivity index (χ0) is 29.3. The van der Waals surface area contributed by atoms with Gasteiger partial charge in [-0.2, -0.15) is 0 Å². The SMILES string of the molecule is CCN(CC)CCCN1C(=O)[C@@H]2C(C(=O)Nc3ccc(C(C)C)cc3)[C@@H]3C=CC2(O3)C1C(=O)NC1CCCCC1C. The Balaban J connectivity index is 1.39. The second-order valence-corrected chi connectivity index (χ2v) is 12.8. The number of benzene rings is 1. The number of amides is 3. The van der Waals surface area contributed by atoms with Crippen LogP contribution in [0, 0.1) is 17.8 Å². The maximum absolute atomic E-state index is 14.2. The minimum absolute atomic E-state index is 0.0924. The standard InChI is InChI=1S/C33H48N4O4/c1-6-36(7-2)19-10-20-37-29(31(39)35-25-12-9-8-11-22(25)5)33-18-17-26(41-33)27(28(33)32(37)40)30(38)34-24-15-13-23(14-16-24)21(3)4/h13-18,21-22,25-29H,6-12,19-20H2,1-5H3,(H,34,38)(H,35,39)/t22?,25?,26-,27?,28-,29?,33?/m0/s1. The number of rotatable bonds is 11. The smallest absolute Gasteiger partial charge is 0.246 e. The number of fused-ring (bicyclic) bond motifs is 1. The Kier molecular flexibility index (Phi) is 8.90. The van der Waals surface area contributed by atoms with Crippen molar-refractivity contribution >= 4 is 23.4 Å². The van der Waals surface area contributed by atoms with Crippen LogP contribution in [0.25, 0.3) is 0 Å². The monoisotopic (exact) mass is 564 g/mol. The molecule has 8 nitrogen and oxygen atoms in total. The van der Waals surface area contributed by atoms with Gasteiger partial charge in [0.2, 0.25) is 17.7 Å². The highest BCUT2D eigenvalue weighted by atomic mass is 16.5. The van der Waals surface area contributed by atoms with E-state index in [1.54, 1.807) is 4.90 Å². The first-order valence-corrected chi connectivity index (χ1v) is 15.8. The molecule has 224 valence electrons. The van der Waals surface area contributed by atoms with E-state index in [9.17, 15) is 14.4 Å². The lowest BCUT2D eigenvalue weighted by Crippen LogP contribution is -2.57. The minimum atomic E-state index is -1.12. The molecule has 2 N–H and O–H groups in total. The van der Waals surface area contributed by atoms with Gasteiger partial charge in [-0.1, -0.05) is 71.7 Å². The first-order valence-electron chi connectivity index (χ1n) is 15.8. The highest BCUT2D eigenvalue weighted by Gasteiger charge is 2.72. The molecule has 0 aromatic heterocycles. The normalized spacial score (nSPS) is 32.2. The number of nitrogens with zero attached hydrogens (tertiary/aromatic N) is 2. The Morgan fingerprint density at radius 1 is 1.10 bits per heavy atom. The van der Waals surface area contributed by atoms with E-state index in [0.29, 0.717) is 24.1 Å². The van der Waals surface area contributed by atoms with Crippen molar-refractivity contribution in [1.29, 1.82) is 0 Å². The zero-order valence-electron chi connectivity index (χ0n) is 25.4. The summed E-state index contributed by atoms with van der Waals surface area (Å²) in [4.78, 5) is 46.0. The van der Waals surface area contributed by atoms with E-state index >= 15 is 0 Å². The van der Waals surface area contributed by atoms with E-state index in [0.717, 1.165) is 45.3 Å². The molecule has 3 fully saturated rings. The van der Waals surface area contributed by atoms with E-state index in [4.69, 9.17) is 4.74 Å². The number of nitrogens with one attached hydrogen (secondary N) is 2. The van der Waals surface area contributed by atoms with Crippen LogP contribution < -0.4 is 10.6 Å². The molecule has 41 heavy (non-hydrogen) atoms. The predicted molar refractivity (Wildman–Crippen MR) is 160 cm³/mol. The number of hydrogen-bond donors (Lipinski definition) is 2. The van der Waals surface area contributed by atoms with Gasteiger partial charge in [0, 0.05) is 18.3 Å². The molecular formula is C33H48N4O4. The van der Waals surface area contributed by atoms with Gasteiger partial charge in [0.25, 0.3) is 0 Å². The molecule has 4 aliphatic rings. The van der Waals surface area contributed by atoms with Crippen molar-refractivity contribution < 1.29 is 19.1 Å². The summed E-state index contributed by atoms with van der Waals surface area (Å²) < 4.78 is 6.52. The number of hydrogen-bond acceptors (Lipinski definition) is 5. The molecule has 8 heteroatoms. The van der Waals surface area contributed by atoms with Crippen molar-refractivity contribution in [1.82, 2.24) is 15.1 Å². The average Bonchev–Trinajstić information content (AvgIpc) is 3.60. The number of likely N-dealkylation sites (tertiary alicyclic amines) is 1. The van der Waals surface area contributed by atoms with E-state index < -0.39 is 29.6 Å². The van der Waals surface area contributed by atoms with Gasteiger partial charge in [-0.15, -0.1) is 0 Å². The fraction of sp³-hybridized carbons (Fsp3) is 0.667. The largest absolute Gasteiger partial charge is 0.359 e. The van der Waals surface area contributed by atoms with Gasteiger partial charge in [-0.25, -0.2) is 0 Å². The Morgan fingerprint density at radius 2 is 1.80 bits per heavy atom. The Bertz CT molecular complexity index is 1150. The van der Waals surface area contributed by atoms with Crippen molar-refractivity contribution in [2.75, 3.05) is 31.5 Å². The summed E-state index contributed by atoms with van der Waals surface area (Å²) in [6, 6.07) is 7.16. The van der Waals surface area contributed by atoms with Gasteiger partial charge in [-0.3, -0.25) is 14.4 Å². The summed E-state index contributed by atoms with van der Waals surface area (Å²) in [5.41, 5.74) is 0.769. The van der Waals surface area contributed by atoms with Crippen LogP contribution in [-0.2, 0) is 19.1 Å². The summed E-state index contributed by atoms with van der Waals surface area (Å²) in [6.45, 7) is 13.9. The third-order valence-electron chi connectivity index (χ3n) is 9.98. The molecule has 1 aliphatic carbocycles. The lowest BCUT2D eigenvalue weighted by atomic mass is 9.74. The fourth-order valence-electron chi connectivity index (χ4n) is 7.48. The maximum Gasteiger partial charge on any atom is 0.246 e. The minimum Gasteiger partial charge on any atom is -0.359 e. The highest BCUT2D eigenvalue weighted by molar-refractivity contribution is 6.02. The lowest BCUT2D eigenvalue weighted by molar-refractivity contribution is -0.141. The van der Waals surface area contributed by atoms with E-state index in [1.807, 2.05) is 36.4 Å². The molecule has 1 aromatic rings. The second-order valence-electron chi connectivity index (χ2n) is 12.8. The first kappa shape index (κ1) is 29.8. The number of carbonyl (C=O) groups excluding carboxylic acids is 3. The topological polar surface area (TPSA) is 91.0 Å². The van der Waals surface area contributed by atoms with Crippen LogP contribution in [0.4, 0.5) is 5.69 Å². The molecule has 2 saturated heterocycles. The summed E-state index contributed by atoms with van der Waals surface area (Å²) in [5, 5.41) is 6.35. The summed E-state index contributed by atoms with van der Waals surface area (Å²) >= 11 is 0. The average molecular weight is 565 g/mol. The molecule has 3 amide bonds. The van der Waals surface area contributed by atoms with E-state index in [1.165, 1.54) is 12.0 Å². The Labute approximate surface area is 245 Å². The van der Waals surface area contributed by atoms with Crippen LogP contribution >= 0.6 is 0 Å². The molecular weight excluding hydrogens is 516 g/mol. The summed E-state index contributed by atoms with van der Waals surface area (Å²) in [5.74, 6) is -1.16. The van der Waals surface area contributed by atoms with Crippen molar-refractivity contribution in [3.63, 3.8) is 0 Å². The lowest BCUT2D eigenvalue weighted by Gasteiger charge is -2.36. The molecule has 1 spiro atoms.